The highest BCUT2D eigenvalue weighted by molar-refractivity contribution is 7.92. The van der Waals surface area contributed by atoms with E-state index in [-0.39, 0.29) is 17.6 Å². The van der Waals surface area contributed by atoms with Crippen LogP contribution in [0, 0.1) is 18.8 Å². The summed E-state index contributed by atoms with van der Waals surface area (Å²) < 4.78 is 25.6. The van der Waals surface area contributed by atoms with Crippen LogP contribution in [0.4, 0.5) is 5.69 Å². The number of carbonyl (C=O) groups is 2. The van der Waals surface area contributed by atoms with Gasteiger partial charge in [-0.15, -0.1) is 0 Å². The van der Waals surface area contributed by atoms with E-state index in [9.17, 15) is 18.0 Å². The van der Waals surface area contributed by atoms with Crippen molar-refractivity contribution in [3.63, 3.8) is 0 Å². The molecule has 7 heteroatoms. The van der Waals surface area contributed by atoms with Crippen molar-refractivity contribution in [3.8, 4) is 0 Å². The van der Waals surface area contributed by atoms with Gasteiger partial charge in [-0.3, -0.25) is 14.3 Å². The van der Waals surface area contributed by atoms with Crippen molar-refractivity contribution >= 4 is 27.4 Å². The van der Waals surface area contributed by atoms with Crippen molar-refractivity contribution < 1.29 is 18.0 Å². The highest BCUT2D eigenvalue weighted by Crippen LogP contribution is 2.25. The lowest BCUT2D eigenvalue weighted by atomic mass is 9.88. The number of aryl methyl sites for hydroxylation is 1. The van der Waals surface area contributed by atoms with Crippen LogP contribution in [0.15, 0.2) is 42.5 Å². The average molecular weight is 457 g/mol. The van der Waals surface area contributed by atoms with Crippen LogP contribution in [-0.4, -0.2) is 44.4 Å². The third-order valence-corrected chi connectivity index (χ3v) is 6.41. The molecule has 2 aromatic rings. The summed E-state index contributed by atoms with van der Waals surface area (Å²) >= 11 is 0. The molecule has 1 aliphatic heterocycles. The first kappa shape index (κ1) is 24.0. The molecule has 0 saturated carbocycles. The minimum atomic E-state index is -3.43. The SMILES string of the molecule is Cc1ccc(C(=O)N2CCC(C(=O)c3ccc(CC(C)C)cc3)CC2)cc1NS(C)(=O)=O. The highest BCUT2D eigenvalue weighted by Gasteiger charge is 2.28. The number of piperidine rings is 1. The van der Waals surface area contributed by atoms with Crippen LogP contribution in [0.1, 0.15) is 58.5 Å². The zero-order valence-electron chi connectivity index (χ0n) is 19.2. The molecule has 3 rings (SSSR count). The fraction of sp³-hybridized carbons (Fsp3) is 0.440. The van der Waals surface area contributed by atoms with Crippen LogP contribution in [-0.2, 0) is 16.4 Å². The Hall–Kier alpha value is -2.67. The van der Waals surface area contributed by atoms with Crippen molar-refractivity contribution in [2.24, 2.45) is 11.8 Å². The Kier molecular flexibility index (Phi) is 7.39. The number of benzene rings is 2. The van der Waals surface area contributed by atoms with Crippen LogP contribution >= 0.6 is 0 Å². The van der Waals surface area contributed by atoms with Crippen molar-refractivity contribution in [2.45, 2.75) is 40.0 Å². The first-order valence-corrected chi connectivity index (χ1v) is 12.9. The number of rotatable bonds is 7. The molecule has 1 fully saturated rings. The number of nitrogens with zero attached hydrogens (tertiary/aromatic N) is 1. The summed E-state index contributed by atoms with van der Waals surface area (Å²) in [5.41, 5.74) is 3.56. The highest BCUT2D eigenvalue weighted by atomic mass is 32.2. The normalized spacial score (nSPS) is 15.1. The predicted octanol–water partition coefficient (Wildman–Crippen LogP) is 4.30. The maximum Gasteiger partial charge on any atom is 0.253 e. The van der Waals surface area contributed by atoms with E-state index in [0.717, 1.165) is 23.8 Å². The van der Waals surface area contributed by atoms with Crippen molar-refractivity contribution in [1.29, 1.82) is 0 Å². The Balaban J connectivity index is 1.62. The van der Waals surface area contributed by atoms with E-state index < -0.39 is 10.0 Å². The second-order valence-electron chi connectivity index (χ2n) is 9.13. The van der Waals surface area contributed by atoms with Gasteiger partial charge < -0.3 is 4.90 Å². The molecule has 1 N–H and O–H groups in total. The fourth-order valence-electron chi connectivity index (χ4n) is 4.10. The lowest BCUT2D eigenvalue weighted by molar-refractivity contribution is 0.0650. The predicted molar refractivity (Wildman–Crippen MR) is 128 cm³/mol. The molecule has 0 radical (unpaired) electrons. The number of nitrogens with one attached hydrogen (secondary N) is 1. The molecule has 0 unspecified atom stereocenters. The molecule has 1 aliphatic rings. The van der Waals surface area contributed by atoms with Gasteiger partial charge in [-0.1, -0.05) is 44.2 Å². The first-order chi connectivity index (χ1) is 15.0. The summed E-state index contributed by atoms with van der Waals surface area (Å²) in [4.78, 5) is 27.6. The van der Waals surface area contributed by atoms with Crippen LogP contribution < -0.4 is 4.72 Å². The zero-order valence-corrected chi connectivity index (χ0v) is 20.0. The number of hydrogen-bond acceptors (Lipinski definition) is 4. The van der Waals surface area contributed by atoms with E-state index in [4.69, 9.17) is 0 Å². The summed E-state index contributed by atoms with van der Waals surface area (Å²) in [6, 6.07) is 12.9. The van der Waals surface area contributed by atoms with E-state index in [0.29, 0.717) is 43.1 Å². The number of sulfonamides is 1. The largest absolute Gasteiger partial charge is 0.339 e. The molecule has 32 heavy (non-hydrogen) atoms. The van der Waals surface area contributed by atoms with Gasteiger partial charge in [0.2, 0.25) is 10.0 Å². The molecule has 0 aromatic heterocycles. The van der Waals surface area contributed by atoms with E-state index in [1.165, 1.54) is 5.56 Å². The number of amides is 1. The van der Waals surface area contributed by atoms with Gasteiger partial charge in [-0.2, -0.15) is 0 Å². The molecule has 0 spiro atoms. The number of ketones is 1. The second-order valence-corrected chi connectivity index (χ2v) is 10.9. The Labute approximate surface area is 191 Å². The summed E-state index contributed by atoms with van der Waals surface area (Å²) in [7, 11) is -3.43. The summed E-state index contributed by atoms with van der Waals surface area (Å²) in [5.74, 6) is 0.481. The number of carbonyl (C=O) groups excluding carboxylic acids is 2. The van der Waals surface area contributed by atoms with E-state index >= 15 is 0 Å². The quantitative estimate of drug-likeness (QED) is 0.630. The standard InChI is InChI=1S/C25H32N2O4S/c1-17(2)15-19-6-9-20(10-7-19)24(28)21-11-13-27(14-12-21)25(29)22-8-5-18(3)23(16-22)26-32(4,30)31/h5-10,16-17,21,26H,11-15H2,1-4H3. The van der Waals surface area contributed by atoms with Crippen LogP contribution in [0.3, 0.4) is 0 Å². The zero-order chi connectivity index (χ0) is 23.5. The van der Waals surface area contributed by atoms with Crippen LogP contribution in [0.5, 0.6) is 0 Å². The molecule has 6 nitrogen and oxygen atoms in total. The van der Waals surface area contributed by atoms with Gasteiger partial charge in [0.15, 0.2) is 5.78 Å². The molecule has 1 heterocycles. The van der Waals surface area contributed by atoms with Gasteiger partial charge in [0.05, 0.1) is 11.9 Å². The Bertz CT molecular complexity index is 1080. The molecule has 0 aliphatic carbocycles. The van der Waals surface area contributed by atoms with E-state index in [1.807, 2.05) is 24.3 Å². The van der Waals surface area contributed by atoms with Crippen molar-refractivity contribution in [3.05, 3.63) is 64.7 Å². The Morgan fingerprint density at radius 3 is 2.19 bits per heavy atom. The lowest BCUT2D eigenvalue weighted by Gasteiger charge is -2.31. The number of anilines is 1. The number of Topliss-reactive ketones (excluding diaryl/α,β-unsaturated/α-hetero) is 1. The van der Waals surface area contributed by atoms with Gasteiger partial charge in [-0.05, 0) is 55.4 Å². The Morgan fingerprint density at radius 2 is 1.62 bits per heavy atom. The summed E-state index contributed by atoms with van der Waals surface area (Å²) in [5, 5.41) is 0. The average Bonchev–Trinajstić information content (AvgIpc) is 2.73. The molecule has 0 bridgehead atoms. The fourth-order valence-corrected chi connectivity index (χ4v) is 4.72. The monoisotopic (exact) mass is 456 g/mol. The minimum absolute atomic E-state index is 0.0875. The Morgan fingerprint density at radius 1 is 1.03 bits per heavy atom. The number of hydrogen-bond donors (Lipinski definition) is 1. The van der Waals surface area contributed by atoms with Crippen LogP contribution in [0.2, 0.25) is 0 Å². The second kappa shape index (κ2) is 9.86. The van der Waals surface area contributed by atoms with Crippen LogP contribution in [0.25, 0.3) is 0 Å². The maximum atomic E-state index is 13.0. The van der Waals surface area contributed by atoms with Crippen molar-refractivity contribution in [2.75, 3.05) is 24.1 Å². The molecule has 1 amide bonds. The molecule has 0 atom stereocenters. The molecular weight excluding hydrogens is 424 g/mol. The lowest BCUT2D eigenvalue weighted by Crippen LogP contribution is -2.40. The number of likely N-dealkylation sites (tertiary alicyclic amines) is 1. The van der Waals surface area contributed by atoms with E-state index in [1.54, 1.807) is 30.0 Å². The van der Waals surface area contributed by atoms with Crippen molar-refractivity contribution in [1.82, 2.24) is 4.90 Å². The van der Waals surface area contributed by atoms with E-state index in [2.05, 4.69) is 18.6 Å². The molecule has 1 saturated heterocycles. The smallest absolute Gasteiger partial charge is 0.253 e. The van der Waals surface area contributed by atoms with Gasteiger partial charge in [0.25, 0.3) is 5.91 Å². The molecule has 172 valence electrons. The molecule has 2 aromatic carbocycles. The van der Waals surface area contributed by atoms with Gasteiger partial charge in [0, 0.05) is 30.1 Å². The summed E-state index contributed by atoms with van der Waals surface area (Å²) in [6.45, 7) is 7.14. The van der Waals surface area contributed by atoms with Gasteiger partial charge in [-0.25, -0.2) is 8.42 Å². The minimum Gasteiger partial charge on any atom is -0.339 e. The van der Waals surface area contributed by atoms with Gasteiger partial charge >= 0.3 is 0 Å². The maximum absolute atomic E-state index is 13.0. The van der Waals surface area contributed by atoms with Gasteiger partial charge in [0.1, 0.15) is 0 Å². The summed E-state index contributed by atoms with van der Waals surface area (Å²) in [6.07, 6.45) is 3.33. The first-order valence-electron chi connectivity index (χ1n) is 11.0. The third-order valence-electron chi connectivity index (χ3n) is 5.82. The third kappa shape index (κ3) is 6.19. The molecular formula is C25H32N2O4S. The topological polar surface area (TPSA) is 83.6 Å².